The van der Waals surface area contributed by atoms with Crippen LogP contribution in [0.25, 0.3) is 5.70 Å². The number of rotatable bonds is 2. The lowest BCUT2D eigenvalue weighted by molar-refractivity contribution is -0.143. The van der Waals surface area contributed by atoms with Crippen molar-refractivity contribution in [2.45, 2.75) is 31.2 Å². The summed E-state index contributed by atoms with van der Waals surface area (Å²) < 4.78 is 65.7. The molecule has 1 fully saturated rings. The summed E-state index contributed by atoms with van der Waals surface area (Å²) in [5.41, 5.74) is 0.270. The molecule has 2 aliphatic heterocycles. The van der Waals surface area contributed by atoms with Crippen LogP contribution in [0.5, 0.6) is 0 Å². The number of nitrogens with zero attached hydrogens (tertiary/aromatic N) is 1. The van der Waals surface area contributed by atoms with E-state index in [0.717, 1.165) is 24.3 Å². The Morgan fingerprint density at radius 1 is 1.04 bits per heavy atom. The molecule has 0 spiro atoms. The average molecular weight is 394 g/mol. The van der Waals surface area contributed by atoms with Gasteiger partial charge in [-0.15, -0.1) is 0 Å². The fourth-order valence-electron chi connectivity index (χ4n) is 3.87. The second-order valence-corrected chi connectivity index (χ2v) is 6.90. The molecule has 28 heavy (non-hydrogen) atoms. The summed E-state index contributed by atoms with van der Waals surface area (Å²) in [5.74, 6) is -2.12. The van der Waals surface area contributed by atoms with Crippen LogP contribution in [0.1, 0.15) is 29.5 Å². The number of carbonyl (C=O) groups excluding carboxylic acids is 1. The van der Waals surface area contributed by atoms with Crippen LogP contribution in [0.3, 0.4) is 0 Å². The Balaban J connectivity index is 1.63. The topological polar surface area (TPSA) is 32.3 Å². The molecule has 2 aliphatic rings. The lowest BCUT2D eigenvalue weighted by Gasteiger charge is -2.56. The predicted molar refractivity (Wildman–Crippen MR) is 91.8 cm³/mol. The Labute approximate surface area is 157 Å². The van der Waals surface area contributed by atoms with E-state index in [4.69, 9.17) is 0 Å². The van der Waals surface area contributed by atoms with Gasteiger partial charge in [-0.05, 0) is 36.2 Å². The molecule has 2 aromatic carbocycles. The van der Waals surface area contributed by atoms with Gasteiger partial charge in [-0.3, -0.25) is 4.79 Å². The molecule has 0 bridgehead atoms. The summed E-state index contributed by atoms with van der Waals surface area (Å²) in [7, 11) is 0. The van der Waals surface area contributed by atoms with Crippen molar-refractivity contribution in [2.24, 2.45) is 0 Å². The summed E-state index contributed by atoms with van der Waals surface area (Å²) >= 11 is 0. The molecular formula is C20H15F5N2O. The molecular weight excluding hydrogens is 379 g/mol. The first-order valence-corrected chi connectivity index (χ1v) is 8.60. The van der Waals surface area contributed by atoms with Gasteiger partial charge in [0.1, 0.15) is 17.8 Å². The summed E-state index contributed by atoms with van der Waals surface area (Å²) in [4.78, 5) is 14.0. The Morgan fingerprint density at radius 2 is 1.71 bits per heavy atom. The molecule has 0 aliphatic carbocycles. The van der Waals surface area contributed by atoms with E-state index in [1.165, 1.54) is 29.2 Å². The molecule has 0 saturated carbocycles. The van der Waals surface area contributed by atoms with E-state index < -0.39 is 35.5 Å². The van der Waals surface area contributed by atoms with Crippen LogP contribution in [0.2, 0.25) is 0 Å². The molecule has 1 saturated heterocycles. The van der Waals surface area contributed by atoms with Crippen molar-refractivity contribution in [2.75, 3.05) is 0 Å². The summed E-state index contributed by atoms with van der Waals surface area (Å²) in [6, 6.07) is 7.43. The minimum atomic E-state index is -4.45. The van der Waals surface area contributed by atoms with Crippen LogP contribution in [0.4, 0.5) is 22.0 Å². The van der Waals surface area contributed by atoms with Gasteiger partial charge < -0.3 is 10.2 Å². The Morgan fingerprint density at radius 3 is 2.32 bits per heavy atom. The molecule has 3 unspecified atom stereocenters. The van der Waals surface area contributed by atoms with Crippen LogP contribution < -0.4 is 5.32 Å². The molecule has 0 radical (unpaired) electrons. The summed E-state index contributed by atoms with van der Waals surface area (Å²) in [6.45, 7) is 1.76. The second kappa shape index (κ2) is 6.32. The Kier molecular flexibility index (Phi) is 4.17. The van der Waals surface area contributed by atoms with E-state index in [1.807, 2.05) is 0 Å². The zero-order valence-electron chi connectivity index (χ0n) is 14.6. The molecule has 3 atom stereocenters. The molecule has 146 valence electrons. The number of alkyl halides is 3. The van der Waals surface area contributed by atoms with Crippen molar-refractivity contribution >= 4 is 11.6 Å². The van der Waals surface area contributed by atoms with Crippen molar-refractivity contribution in [3.8, 4) is 0 Å². The summed E-state index contributed by atoms with van der Waals surface area (Å²) in [6.07, 6.45) is -3.70. The van der Waals surface area contributed by atoms with Crippen LogP contribution in [0, 0.1) is 11.6 Å². The number of carbonyl (C=O) groups is 1. The van der Waals surface area contributed by atoms with E-state index >= 15 is 0 Å². The first kappa shape index (κ1) is 18.5. The molecule has 0 aromatic heterocycles. The molecule has 4 rings (SSSR count). The molecule has 2 heterocycles. The quantitative estimate of drug-likeness (QED) is 0.772. The standard InChI is InChI=1S/C20H15F5N2O/c1-10-18(14-7-6-13(21)8-15(14)22)19-26-16(9-17(28)27(10)19)11-2-4-12(5-3-11)20(23,24)25/h2-10,18-19,26H,1H3. The van der Waals surface area contributed by atoms with E-state index in [-0.39, 0.29) is 17.5 Å². The van der Waals surface area contributed by atoms with Crippen molar-refractivity contribution in [1.29, 1.82) is 0 Å². The van der Waals surface area contributed by atoms with Gasteiger partial charge in [-0.25, -0.2) is 8.78 Å². The number of halogens is 5. The van der Waals surface area contributed by atoms with Gasteiger partial charge in [0.05, 0.1) is 5.56 Å². The van der Waals surface area contributed by atoms with Gasteiger partial charge >= 0.3 is 6.18 Å². The maximum absolute atomic E-state index is 14.2. The van der Waals surface area contributed by atoms with Crippen molar-refractivity contribution in [1.82, 2.24) is 10.2 Å². The van der Waals surface area contributed by atoms with E-state index in [2.05, 4.69) is 5.32 Å². The number of amides is 1. The van der Waals surface area contributed by atoms with Gasteiger partial charge in [0, 0.05) is 29.8 Å². The van der Waals surface area contributed by atoms with Crippen molar-refractivity contribution in [3.63, 3.8) is 0 Å². The fourth-order valence-corrected chi connectivity index (χ4v) is 3.87. The zero-order valence-corrected chi connectivity index (χ0v) is 14.6. The normalized spacial score (nSPS) is 24.2. The molecule has 1 N–H and O–H groups in total. The van der Waals surface area contributed by atoms with Gasteiger partial charge in [0.25, 0.3) is 5.91 Å². The minimum Gasteiger partial charge on any atom is -0.364 e. The van der Waals surface area contributed by atoms with Gasteiger partial charge in [0.15, 0.2) is 0 Å². The molecule has 3 nitrogen and oxygen atoms in total. The highest BCUT2D eigenvalue weighted by atomic mass is 19.4. The molecule has 2 aromatic rings. The maximum atomic E-state index is 14.2. The number of hydrogen-bond acceptors (Lipinski definition) is 2. The third kappa shape index (κ3) is 2.93. The maximum Gasteiger partial charge on any atom is 0.416 e. The minimum absolute atomic E-state index is 0.282. The van der Waals surface area contributed by atoms with Crippen molar-refractivity contribution < 1.29 is 26.7 Å². The van der Waals surface area contributed by atoms with E-state index in [9.17, 15) is 26.7 Å². The SMILES string of the molecule is CC1C(c2ccc(F)cc2F)C2NC(c3ccc(C(F)(F)F)cc3)=CC(=O)N12. The smallest absolute Gasteiger partial charge is 0.364 e. The molecule has 8 heteroatoms. The monoisotopic (exact) mass is 394 g/mol. The predicted octanol–water partition coefficient (Wildman–Crippen LogP) is 4.27. The highest BCUT2D eigenvalue weighted by Gasteiger charge is 2.51. The van der Waals surface area contributed by atoms with Gasteiger partial charge in [0.2, 0.25) is 0 Å². The highest BCUT2D eigenvalue weighted by Crippen LogP contribution is 2.43. The summed E-state index contributed by atoms with van der Waals surface area (Å²) in [5, 5.41) is 3.10. The fraction of sp³-hybridized carbons (Fsp3) is 0.250. The first-order valence-electron chi connectivity index (χ1n) is 8.60. The van der Waals surface area contributed by atoms with Crippen LogP contribution in [0.15, 0.2) is 48.5 Å². The second-order valence-electron chi connectivity index (χ2n) is 6.90. The Bertz CT molecular complexity index is 968. The number of nitrogens with one attached hydrogen (secondary N) is 1. The van der Waals surface area contributed by atoms with E-state index in [0.29, 0.717) is 11.3 Å². The zero-order chi connectivity index (χ0) is 20.2. The lowest BCUT2D eigenvalue weighted by atomic mass is 9.78. The first-order chi connectivity index (χ1) is 13.2. The van der Waals surface area contributed by atoms with Crippen molar-refractivity contribution in [3.05, 3.63) is 76.9 Å². The highest BCUT2D eigenvalue weighted by molar-refractivity contribution is 5.98. The van der Waals surface area contributed by atoms with Gasteiger partial charge in [-0.2, -0.15) is 13.2 Å². The number of fused-ring (bicyclic) bond motifs is 1. The number of hydrogen-bond donors (Lipinski definition) is 1. The van der Waals surface area contributed by atoms with Crippen LogP contribution >= 0.6 is 0 Å². The average Bonchev–Trinajstić information content (AvgIpc) is 2.62. The third-order valence-electron chi connectivity index (χ3n) is 5.27. The van der Waals surface area contributed by atoms with Crippen LogP contribution in [-0.4, -0.2) is 23.0 Å². The van der Waals surface area contributed by atoms with E-state index in [1.54, 1.807) is 6.92 Å². The third-order valence-corrected chi connectivity index (χ3v) is 5.27. The Hall–Kier alpha value is -2.90. The molecule has 1 amide bonds. The number of benzene rings is 2. The lowest BCUT2D eigenvalue weighted by Crippen LogP contribution is -2.69. The van der Waals surface area contributed by atoms with Crippen LogP contribution in [-0.2, 0) is 11.0 Å². The van der Waals surface area contributed by atoms with Gasteiger partial charge in [-0.1, -0.05) is 18.2 Å². The largest absolute Gasteiger partial charge is 0.416 e.